The van der Waals surface area contributed by atoms with Gasteiger partial charge in [0.15, 0.2) is 5.82 Å². The maximum absolute atomic E-state index is 5.12. The third kappa shape index (κ3) is 2.89. The fourth-order valence-electron chi connectivity index (χ4n) is 6.45. The highest BCUT2D eigenvalue weighted by Crippen LogP contribution is 2.74. The summed E-state index contributed by atoms with van der Waals surface area (Å²) < 4.78 is 0. The van der Waals surface area contributed by atoms with Gasteiger partial charge in [0.25, 0.3) is 0 Å². The lowest BCUT2D eigenvalue weighted by atomic mass is 9.71. The van der Waals surface area contributed by atoms with E-state index in [4.69, 9.17) is 15.0 Å². The number of benzene rings is 2. The minimum atomic E-state index is -0.137. The summed E-state index contributed by atoms with van der Waals surface area (Å²) in [5.41, 5.74) is 6.66. The van der Waals surface area contributed by atoms with Crippen LogP contribution in [-0.4, -0.2) is 22.2 Å². The molecule has 0 amide bonds. The lowest BCUT2D eigenvalue weighted by Gasteiger charge is -2.33. The molecule has 3 heteroatoms. The van der Waals surface area contributed by atoms with Gasteiger partial charge in [-0.05, 0) is 40.3 Å². The van der Waals surface area contributed by atoms with Crippen molar-refractivity contribution in [1.29, 1.82) is 0 Å². The maximum atomic E-state index is 5.12. The quantitative estimate of drug-likeness (QED) is 0.382. The Kier molecular flexibility index (Phi) is 4.53. The molecule has 0 radical (unpaired) electrons. The van der Waals surface area contributed by atoms with Crippen molar-refractivity contribution in [3.8, 4) is 11.1 Å². The minimum absolute atomic E-state index is 0.0610. The summed E-state index contributed by atoms with van der Waals surface area (Å²) in [4.78, 5) is 14.9. The standard InChI is InChI=1S/C33H27N3/c1-3-32-16-15-28-29(33(32,4-2)21-32)24-12-7-9-22(17-24)18-34-30(28)31-35-19-25(20-36-31)27-14-8-11-23-10-5-6-13-26(23)27/h3-16,19-20,22H,1-2,17-18,21H2. The molecule has 7 rings (SSSR count). The number of fused-ring (bicyclic) bond motifs is 6. The topological polar surface area (TPSA) is 38.1 Å². The zero-order valence-corrected chi connectivity index (χ0v) is 20.2. The second-order valence-electron chi connectivity index (χ2n) is 10.3. The van der Waals surface area contributed by atoms with Crippen molar-refractivity contribution >= 4 is 16.5 Å². The summed E-state index contributed by atoms with van der Waals surface area (Å²) >= 11 is 0. The van der Waals surface area contributed by atoms with Crippen LogP contribution in [0.15, 0.2) is 132 Å². The maximum Gasteiger partial charge on any atom is 0.178 e. The fraction of sp³-hybridized carbons (Fsp3) is 0.182. The van der Waals surface area contributed by atoms with Crippen molar-refractivity contribution in [3.63, 3.8) is 0 Å². The molecule has 2 aromatic carbocycles. The number of rotatable bonds is 4. The fourth-order valence-corrected chi connectivity index (χ4v) is 6.45. The first kappa shape index (κ1) is 21.2. The predicted molar refractivity (Wildman–Crippen MR) is 148 cm³/mol. The second kappa shape index (κ2) is 7.69. The van der Waals surface area contributed by atoms with E-state index >= 15 is 0 Å². The third-order valence-corrected chi connectivity index (χ3v) is 8.44. The largest absolute Gasteiger partial charge is 0.280 e. The summed E-state index contributed by atoms with van der Waals surface area (Å²) in [6.45, 7) is 9.19. The summed E-state index contributed by atoms with van der Waals surface area (Å²) in [7, 11) is 0. The monoisotopic (exact) mass is 465 g/mol. The van der Waals surface area contributed by atoms with E-state index in [1.165, 1.54) is 21.9 Å². The van der Waals surface area contributed by atoms with Crippen LogP contribution in [0.2, 0.25) is 0 Å². The van der Waals surface area contributed by atoms with E-state index in [9.17, 15) is 0 Å². The summed E-state index contributed by atoms with van der Waals surface area (Å²) in [6.07, 6.45) is 21.4. The van der Waals surface area contributed by atoms with Crippen molar-refractivity contribution in [3.05, 3.63) is 133 Å². The van der Waals surface area contributed by atoms with Crippen LogP contribution in [0.1, 0.15) is 18.7 Å². The molecule has 36 heavy (non-hydrogen) atoms. The van der Waals surface area contributed by atoms with Crippen LogP contribution in [0.5, 0.6) is 0 Å². The molecule has 3 nitrogen and oxygen atoms in total. The molecule has 0 spiro atoms. The molecule has 2 heterocycles. The Bertz CT molecular complexity index is 1590. The average Bonchev–Trinajstić information content (AvgIpc) is 3.62. The van der Waals surface area contributed by atoms with Crippen LogP contribution in [-0.2, 0) is 0 Å². The Morgan fingerprint density at radius 2 is 1.81 bits per heavy atom. The molecule has 3 unspecified atom stereocenters. The van der Waals surface area contributed by atoms with Crippen molar-refractivity contribution < 1.29 is 0 Å². The van der Waals surface area contributed by atoms with Gasteiger partial charge in [0.05, 0.1) is 0 Å². The molecule has 1 aliphatic heterocycles. The first-order valence-electron chi connectivity index (χ1n) is 12.6. The number of aromatic nitrogens is 2. The van der Waals surface area contributed by atoms with Crippen LogP contribution < -0.4 is 0 Å². The highest BCUT2D eigenvalue weighted by molar-refractivity contribution is 6.14. The SMILES string of the molecule is C=CC12C=CC3=C(C4=CC=CC(CN=C3c3ncc(-c5cccc6ccccc56)cn3)C4)C1(C=C)C2. The molecule has 0 N–H and O–H groups in total. The molecule has 1 saturated carbocycles. The Labute approximate surface area is 211 Å². The van der Waals surface area contributed by atoms with E-state index in [1.54, 1.807) is 0 Å². The van der Waals surface area contributed by atoms with Gasteiger partial charge in [0.2, 0.25) is 0 Å². The molecule has 3 atom stereocenters. The van der Waals surface area contributed by atoms with Crippen LogP contribution >= 0.6 is 0 Å². The van der Waals surface area contributed by atoms with E-state index in [0.29, 0.717) is 11.7 Å². The summed E-state index contributed by atoms with van der Waals surface area (Å²) in [5.74, 6) is 1.06. The zero-order valence-electron chi connectivity index (χ0n) is 20.2. The molecule has 2 bridgehead atoms. The number of allylic oxidation sites excluding steroid dienone is 9. The van der Waals surface area contributed by atoms with Crippen LogP contribution in [0, 0.1) is 16.7 Å². The number of aliphatic imine (C=N–C) groups is 1. The molecular weight excluding hydrogens is 438 g/mol. The van der Waals surface area contributed by atoms with Crippen LogP contribution in [0.25, 0.3) is 21.9 Å². The Morgan fingerprint density at radius 3 is 2.64 bits per heavy atom. The van der Waals surface area contributed by atoms with Crippen LogP contribution in [0.3, 0.4) is 0 Å². The Hall–Kier alpha value is -4.11. The predicted octanol–water partition coefficient (Wildman–Crippen LogP) is 7.22. The Morgan fingerprint density at radius 1 is 0.972 bits per heavy atom. The number of hydrogen-bond acceptors (Lipinski definition) is 3. The van der Waals surface area contributed by atoms with Crippen molar-refractivity contribution in [2.75, 3.05) is 6.54 Å². The first-order chi connectivity index (χ1) is 17.7. The van der Waals surface area contributed by atoms with Gasteiger partial charge in [0.1, 0.15) is 5.71 Å². The van der Waals surface area contributed by atoms with Gasteiger partial charge in [-0.15, -0.1) is 13.2 Å². The van der Waals surface area contributed by atoms with Crippen molar-refractivity contribution in [2.45, 2.75) is 12.8 Å². The van der Waals surface area contributed by atoms with Crippen LogP contribution in [0.4, 0.5) is 0 Å². The molecule has 4 aliphatic rings. The number of hydrogen-bond donors (Lipinski definition) is 0. The van der Waals surface area contributed by atoms with E-state index < -0.39 is 0 Å². The molecule has 3 aliphatic carbocycles. The van der Waals surface area contributed by atoms with E-state index in [-0.39, 0.29) is 10.8 Å². The van der Waals surface area contributed by atoms with E-state index in [0.717, 1.165) is 41.8 Å². The van der Waals surface area contributed by atoms with Crippen molar-refractivity contribution in [2.24, 2.45) is 21.7 Å². The van der Waals surface area contributed by atoms with Gasteiger partial charge >= 0.3 is 0 Å². The average molecular weight is 466 g/mol. The third-order valence-electron chi connectivity index (χ3n) is 8.44. The minimum Gasteiger partial charge on any atom is -0.280 e. The normalized spacial score (nSPS) is 27.8. The summed E-state index contributed by atoms with van der Waals surface area (Å²) in [5, 5.41) is 2.41. The Balaban J connectivity index is 1.37. The first-order valence-corrected chi connectivity index (χ1v) is 12.6. The van der Waals surface area contributed by atoms with Gasteiger partial charge in [-0.25, -0.2) is 9.97 Å². The molecule has 3 aromatic rings. The number of nitrogens with zero attached hydrogens (tertiary/aromatic N) is 3. The zero-order chi connectivity index (χ0) is 24.3. The lowest BCUT2D eigenvalue weighted by Crippen LogP contribution is -2.26. The molecule has 0 saturated heterocycles. The van der Waals surface area contributed by atoms with Gasteiger partial charge in [-0.1, -0.05) is 85.0 Å². The molecular formula is C33H27N3. The lowest BCUT2D eigenvalue weighted by molar-refractivity contribution is 0.592. The molecule has 1 aromatic heterocycles. The van der Waals surface area contributed by atoms with Crippen molar-refractivity contribution in [1.82, 2.24) is 9.97 Å². The van der Waals surface area contributed by atoms with Gasteiger partial charge in [0, 0.05) is 46.8 Å². The van der Waals surface area contributed by atoms with E-state index in [1.807, 2.05) is 12.4 Å². The van der Waals surface area contributed by atoms with Gasteiger partial charge in [-0.3, -0.25) is 4.99 Å². The molecule has 1 fully saturated rings. The van der Waals surface area contributed by atoms with Gasteiger partial charge in [-0.2, -0.15) is 0 Å². The smallest absolute Gasteiger partial charge is 0.178 e. The highest BCUT2D eigenvalue weighted by Gasteiger charge is 2.66. The molecule has 174 valence electrons. The van der Waals surface area contributed by atoms with E-state index in [2.05, 4.69) is 98.2 Å². The summed E-state index contributed by atoms with van der Waals surface area (Å²) in [6, 6.07) is 14.8. The second-order valence-corrected chi connectivity index (χ2v) is 10.3. The highest BCUT2D eigenvalue weighted by atomic mass is 14.9. The van der Waals surface area contributed by atoms with Gasteiger partial charge < -0.3 is 0 Å².